The van der Waals surface area contributed by atoms with Crippen molar-refractivity contribution in [3.8, 4) is 11.5 Å². The van der Waals surface area contributed by atoms with Crippen LogP contribution >= 0.6 is 0 Å². The average Bonchev–Trinajstić information content (AvgIpc) is 3.15. The summed E-state index contributed by atoms with van der Waals surface area (Å²) in [6.45, 7) is 17.1. The van der Waals surface area contributed by atoms with Crippen LogP contribution in [0.2, 0.25) is 0 Å². The molecule has 2 N–H and O–H groups in total. The lowest BCUT2D eigenvalue weighted by Gasteiger charge is -2.60. The zero-order chi connectivity index (χ0) is 39.6. The fourth-order valence-electron chi connectivity index (χ4n) is 8.59. The van der Waals surface area contributed by atoms with Gasteiger partial charge >= 0.3 is 6.09 Å². The molecule has 1 aromatic carbocycles. The number of benzene rings is 1. The van der Waals surface area contributed by atoms with Gasteiger partial charge in [-0.1, -0.05) is 43.1 Å². The van der Waals surface area contributed by atoms with Gasteiger partial charge in [-0.05, 0) is 114 Å². The molecule has 1 aromatic heterocycles. The Balaban J connectivity index is 1.76. The first-order valence-corrected chi connectivity index (χ1v) is 20.3. The van der Waals surface area contributed by atoms with Crippen LogP contribution in [-0.2, 0) is 20.9 Å². The van der Waals surface area contributed by atoms with E-state index in [9.17, 15) is 15.0 Å². The predicted molar refractivity (Wildman–Crippen MR) is 213 cm³/mol. The Morgan fingerprint density at radius 3 is 2.55 bits per heavy atom. The normalized spacial score (nSPS) is 24.9. The number of fused-ring (bicyclic) bond motifs is 2. The zero-order valence-electron chi connectivity index (χ0n) is 33.8. The van der Waals surface area contributed by atoms with E-state index in [1.165, 1.54) is 0 Å². The number of carbonyl (C=O) groups excluding carboxylic acids is 1. The van der Waals surface area contributed by atoms with Gasteiger partial charge in [-0.15, -0.1) is 6.58 Å². The number of allylic oxidation sites excluding steroid dienone is 1. The second kappa shape index (κ2) is 19.3. The third kappa shape index (κ3) is 9.91. The van der Waals surface area contributed by atoms with Crippen molar-refractivity contribution >= 4 is 11.8 Å². The molecular weight excluding hydrogens is 698 g/mol. The van der Waals surface area contributed by atoms with Crippen LogP contribution in [0.1, 0.15) is 109 Å². The summed E-state index contributed by atoms with van der Waals surface area (Å²) in [6, 6.07) is 11.3. The number of nitrogens with zero attached hydrogens (tertiary/aromatic N) is 3. The van der Waals surface area contributed by atoms with Crippen LogP contribution in [0.3, 0.4) is 0 Å². The van der Waals surface area contributed by atoms with Gasteiger partial charge in [0.25, 0.3) is 0 Å². The van der Waals surface area contributed by atoms with E-state index in [0.717, 1.165) is 53.9 Å². The quantitative estimate of drug-likeness (QED) is 0.0825. The van der Waals surface area contributed by atoms with Crippen molar-refractivity contribution in [2.75, 3.05) is 33.0 Å². The summed E-state index contributed by atoms with van der Waals surface area (Å²) >= 11 is 0. The Hall–Kier alpha value is -3.93. The number of aliphatic hydroxyl groups is 2. The summed E-state index contributed by atoms with van der Waals surface area (Å²) in [5.41, 5.74) is 3.95. The predicted octanol–water partition coefficient (Wildman–Crippen LogP) is 8.27. The number of amides is 1. The lowest BCUT2D eigenvalue weighted by Crippen LogP contribution is -2.70. The van der Waals surface area contributed by atoms with Gasteiger partial charge in [-0.25, -0.2) is 4.79 Å². The molecule has 302 valence electrons. The van der Waals surface area contributed by atoms with E-state index in [2.05, 4.69) is 23.7 Å². The molecule has 11 nitrogen and oxygen atoms in total. The highest BCUT2D eigenvalue weighted by Crippen LogP contribution is 2.62. The number of ether oxygens (including phenoxy) is 4. The van der Waals surface area contributed by atoms with Crippen molar-refractivity contribution in [3.05, 3.63) is 77.7 Å². The first-order chi connectivity index (χ1) is 26.5. The summed E-state index contributed by atoms with van der Waals surface area (Å²) in [5.74, 6) is -0.294. The van der Waals surface area contributed by atoms with Crippen LogP contribution in [0.5, 0.6) is 11.5 Å². The number of aromatic nitrogens is 1. The smallest absolute Gasteiger partial charge is 0.410 e. The molecule has 1 saturated carbocycles. The maximum Gasteiger partial charge on any atom is 0.410 e. The molecule has 0 unspecified atom stereocenters. The molecule has 55 heavy (non-hydrogen) atoms. The maximum absolute atomic E-state index is 14.0. The van der Waals surface area contributed by atoms with Gasteiger partial charge in [0, 0.05) is 43.4 Å². The molecule has 2 aliphatic carbocycles. The van der Waals surface area contributed by atoms with Crippen molar-refractivity contribution in [1.82, 2.24) is 9.88 Å². The average molecular weight is 762 g/mol. The highest BCUT2D eigenvalue weighted by molar-refractivity contribution is 6.03. The summed E-state index contributed by atoms with van der Waals surface area (Å²) in [5, 5.41) is 24.6. The molecule has 0 spiro atoms. The van der Waals surface area contributed by atoms with Crippen LogP contribution < -0.4 is 9.47 Å². The maximum atomic E-state index is 14.0. The molecule has 2 heterocycles. The Labute approximate surface area is 327 Å². The molecule has 0 bridgehead atoms. The molecule has 1 aliphatic heterocycles. The molecule has 0 radical (unpaired) electrons. The van der Waals surface area contributed by atoms with Crippen molar-refractivity contribution in [1.29, 1.82) is 0 Å². The third-order valence-corrected chi connectivity index (χ3v) is 10.8. The topological polar surface area (TPSA) is 132 Å². The highest BCUT2D eigenvalue weighted by atomic mass is 16.7. The molecule has 6 atom stereocenters. The summed E-state index contributed by atoms with van der Waals surface area (Å²) in [4.78, 5) is 26.5. The first kappa shape index (κ1) is 42.2. The van der Waals surface area contributed by atoms with E-state index in [4.69, 9.17) is 28.9 Å². The number of hydrogen-bond acceptors (Lipinski definition) is 10. The van der Waals surface area contributed by atoms with E-state index in [-0.39, 0.29) is 44.2 Å². The van der Waals surface area contributed by atoms with E-state index < -0.39 is 29.4 Å². The van der Waals surface area contributed by atoms with Gasteiger partial charge < -0.3 is 34.0 Å². The lowest BCUT2D eigenvalue weighted by atomic mass is 9.55. The fraction of sp³-hybridized carbons (Fsp3) is 0.614. The minimum absolute atomic E-state index is 0.104. The molecule has 5 rings (SSSR count). The molecule has 2 aromatic rings. The highest BCUT2D eigenvalue weighted by Gasteiger charge is 2.65. The fourth-order valence-corrected chi connectivity index (χ4v) is 8.59. The lowest BCUT2D eigenvalue weighted by molar-refractivity contribution is -0.255. The van der Waals surface area contributed by atoms with Crippen molar-refractivity contribution in [2.45, 2.75) is 123 Å². The Bertz CT molecular complexity index is 1650. The SMILES string of the molecule is C=CCO[C@@]12Oc3ccc(OCc4cccc(C)n4)cc3[C@H]3[C@H](CCCCO)[C@@H](CCCCO)C=C(C(=NOC(C)(C)C)C[C@@H]1N(CCC)C(=O)OCC)[C@H]32. The van der Waals surface area contributed by atoms with Gasteiger partial charge in [-0.3, -0.25) is 9.88 Å². The van der Waals surface area contributed by atoms with Crippen LogP contribution in [0, 0.1) is 24.7 Å². The number of pyridine rings is 1. The Morgan fingerprint density at radius 2 is 1.87 bits per heavy atom. The van der Waals surface area contributed by atoms with E-state index in [1.54, 1.807) is 11.0 Å². The van der Waals surface area contributed by atoms with Gasteiger partial charge in [0.05, 0.1) is 30.5 Å². The number of carbonyl (C=O) groups is 1. The van der Waals surface area contributed by atoms with E-state index in [0.29, 0.717) is 50.3 Å². The first-order valence-electron chi connectivity index (χ1n) is 20.3. The van der Waals surface area contributed by atoms with Crippen molar-refractivity contribution < 1.29 is 38.8 Å². The van der Waals surface area contributed by atoms with Crippen molar-refractivity contribution in [3.63, 3.8) is 0 Å². The van der Waals surface area contributed by atoms with Crippen LogP contribution in [-0.4, -0.2) is 82.3 Å². The van der Waals surface area contributed by atoms with E-state index >= 15 is 0 Å². The largest absolute Gasteiger partial charge is 0.487 e. The standard InChI is InChI=1S/C44H63N3O8/c1-8-22-47(42(50)51-10-3)39-28-37(46-55-43(5,6)7)35-26-31(17-11-13-23-48)34(19-12-14-24-49)40-36-27-33(52-29-32-18-15-16-30(4)45-32)20-21-38(36)54-44(39,41(35)40)53-25-9-2/h9,15-16,18,20-21,26-27,31,34,39-41,48-49H,2,8,10-14,17,19,22-25,28-29H2,1,3-7H3/t31-,34+,39-,40+,41+,44+/m0/s1. The van der Waals surface area contributed by atoms with Gasteiger partial charge in [0.1, 0.15) is 29.7 Å². The number of oxime groups is 1. The van der Waals surface area contributed by atoms with E-state index in [1.807, 2.05) is 71.9 Å². The molecule has 1 fully saturated rings. The second-order valence-electron chi connectivity index (χ2n) is 15.9. The van der Waals surface area contributed by atoms with Crippen LogP contribution in [0.4, 0.5) is 4.79 Å². The number of aliphatic hydroxyl groups excluding tert-OH is 2. The molecular formula is C44H63N3O8. The minimum atomic E-state index is -1.33. The summed E-state index contributed by atoms with van der Waals surface area (Å²) in [7, 11) is 0. The zero-order valence-corrected chi connectivity index (χ0v) is 33.8. The number of aryl methyl sites for hydroxylation is 1. The van der Waals surface area contributed by atoms with Gasteiger partial charge in [0.2, 0.25) is 5.79 Å². The Kier molecular flexibility index (Phi) is 14.8. The molecule has 1 amide bonds. The monoisotopic (exact) mass is 761 g/mol. The number of hydrogen-bond donors (Lipinski definition) is 2. The van der Waals surface area contributed by atoms with Gasteiger partial charge in [-0.2, -0.15) is 0 Å². The summed E-state index contributed by atoms with van der Waals surface area (Å²) in [6.07, 6.45) is 9.43. The number of unbranched alkanes of at least 4 members (excludes halogenated alkanes) is 2. The number of rotatable bonds is 19. The molecule has 11 heteroatoms. The third-order valence-electron chi connectivity index (χ3n) is 10.8. The van der Waals surface area contributed by atoms with Crippen molar-refractivity contribution in [2.24, 2.45) is 22.9 Å². The minimum Gasteiger partial charge on any atom is -0.487 e. The van der Waals surface area contributed by atoms with Gasteiger partial charge in [0.15, 0.2) is 0 Å². The Morgan fingerprint density at radius 1 is 1.11 bits per heavy atom. The summed E-state index contributed by atoms with van der Waals surface area (Å²) < 4.78 is 26.4. The second-order valence-corrected chi connectivity index (χ2v) is 15.9. The van der Waals surface area contributed by atoms with Crippen LogP contribution in [0.25, 0.3) is 0 Å². The van der Waals surface area contributed by atoms with Crippen LogP contribution in [0.15, 0.2) is 65.9 Å². The molecule has 0 saturated heterocycles. The molecule has 3 aliphatic rings.